The Hall–Kier alpha value is -3.40. The van der Waals surface area contributed by atoms with Crippen LogP contribution in [0.1, 0.15) is 22.8 Å². The summed E-state index contributed by atoms with van der Waals surface area (Å²) in [6.07, 6.45) is -4.07. The Labute approximate surface area is 178 Å². The van der Waals surface area contributed by atoms with Crippen molar-refractivity contribution in [2.24, 2.45) is 0 Å². The van der Waals surface area contributed by atoms with E-state index in [1.807, 2.05) is 6.07 Å². The Bertz CT molecular complexity index is 1150. The molecule has 6 nitrogen and oxygen atoms in total. The number of rotatable bonds is 6. The van der Waals surface area contributed by atoms with Crippen molar-refractivity contribution in [1.82, 2.24) is 4.57 Å². The second-order valence-corrected chi connectivity index (χ2v) is 7.25. The normalized spacial score (nSPS) is 11.2. The van der Waals surface area contributed by atoms with E-state index in [0.717, 1.165) is 23.0 Å². The van der Waals surface area contributed by atoms with Crippen LogP contribution in [-0.4, -0.2) is 23.1 Å². The predicted octanol–water partition coefficient (Wildman–Crippen LogP) is 4.41. The summed E-state index contributed by atoms with van der Waals surface area (Å²) in [5.41, 5.74) is -0.380. The summed E-state index contributed by atoms with van der Waals surface area (Å²) in [5, 5.41) is 4.37. The molecule has 0 saturated heterocycles. The number of carbonyl (C=O) groups excluding carboxylic acids is 2. The maximum Gasteiger partial charge on any atom is 0.417 e. The summed E-state index contributed by atoms with van der Waals surface area (Å²) in [5.74, 6) is -1.40. The van der Waals surface area contributed by atoms with Gasteiger partial charge in [0.2, 0.25) is 5.91 Å². The quantitative estimate of drug-likeness (QED) is 0.565. The monoisotopic (exact) mass is 450 g/mol. The zero-order valence-corrected chi connectivity index (χ0v) is 17.0. The average Bonchev–Trinajstić information content (AvgIpc) is 3.13. The zero-order chi connectivity index (χ0) is 22.6. The van der Waals surface area contributed by atoms with Gasteiger partial charge in [0.05, 0.1) is 12.2 Å². The predicted molar refractivity (Wildman–Crippen MR) is 110 cm³/mol. The number of halogens is 3. The molecule has 162 valence electrons. The van der Waals surface area contributed by atoms with E-state index in [0.29, 0.717) is 22.4 Å². The molecule has 0 aliphatic carbocycles. The lowest BCUT2D eigenvalue weighted by atomic mass is 10.0. The van der Waals surface area contributed by atoms with Crippen LogP contribution in [0.25, 0.3) is 11.1 Å². The van der Waals surface area contributed by atoms with Crippen LogP contribution in [0.5, 0.6) is 0 Å². The SMILES string of the molecule is CCOC(=O)c1c(-c2ccccc2)csc1NC(=O)Cn1cc(C(F)(F)F)ccc1=O. The van der Waals surface area contributed by atoms with E-state index < -0.39 is 35.7 Å². The van der Waals surface area contributed by atoms with Gasteiger partial charge in [-0.1, -0.05) is 30.3 Å². The Morgan fingerprint density at radius 2 is 1.84 bits per heavy atom. The summed E-state index contributed by atoms with van der Waals surface area (Å²) in [6.45, 7) is 1.12. The van der Waals surface area contributed by atoms with Crippen LogP contribution in [0.3, 0.4) is 0 Å². The minimum absolute atomic E-state index is 0.121. The Balaban J connectivity index is 1.89. The van der Waals surface area contributed by atoms with E-state index in [4.69, 9.17) is 4.74 Å². The fourth-order valence-electron chi connectivity index (χ4n) is 2.83. The zero-order valence-electron chi connectivity index (χ0n) is 16.2. The molecular weight excluding hydrogens is 433 g/mol. The number of amides is 1. The van der Waals surface area contributed by atoms with Crippen LogP contribution < -0.4 is 10.9 Å². The first kappa shape index (κ1) is 22.3. The first-order chi connectivity index (χ1) is 14.7. The number of alkyl halides is 3. The number of esters is 1. The van der Waals surface area contributed by atoms with E-state index in [2.05, 4.69) is 5.32 Å². The molecule has 3 aromatic rings. The summed E-state index contributed by atoms with van der Waals surface area (Å²) in [7, 11) is 0. The average molecular weight is 450 g/mol. The topological polar surface area (TPSA) is 77.4 Å². The highest BCUT2D eigenvalue weighted by Crippen LogP contribution is 2.36. The molecular formula is C21H17F3N2O4S. The summed E-state index contributed by atoms with van der Waals surface area (Å²) >= 11 is 1.08. The van der Waals surface area contributed by atoms with E-state index in [1.54, 1.807) is 36.6 Å². The third-order valence-corrected chi connectivity index (χ3v) is 5.13. The second kappa shape index (κ2) is 9.17. The van der Waals surface area contributed by atoms with Crippen molar-refractivity contribution < 1.29 is 27.5 Å². The Morgan fingerprint density at radius 3 is 2.48 bits per heavy atom. The summed E-state index contributed by atoms with van der Waals surface area (Å²) < 4.78 is 44.4. The molecule has 2 aromatic heterocycles. The van der Waals surface area contributed by atoms with Gasteiger partial charge in [-0.3, -0.25) is 9.59 Å². The highest BCUT2D eigenvalue weighted by molar-refractivity contribution is 7.15. The molecule has 0 saturated carbocycles. The summed E-state index contributed by atoms with van der Waals surface area (Å²) in [6, 6.07) is 10.4. The van der Waals surface area contributed by atoms with E-state index >= 15 is 0 Å². The minimum Gasteiger partial charge on any atom is -0.462 e. The van der Waals surface area contributed by atoms with Gasteiger partial charge < -0.3 is 14.6 Å². The molecule has 0 spiro atoms. The highest BCUT2D eigenvalue weighted by Gasteiger charge is 2.31. The molecule has 0 bridgehead atoms. The van der Waals surface area contributed by atoms with E-state index in [1.165, 1.54) is 0 Å². The fourth-order valence-corrected chi connectivity index (χ4v) is 3.80. The van der Waals surface area contributed by atoms with Crippen molar-refractivity contribution in [2.45, 2.75) is 19.6 Å². The van der Waals surface area contributed by atoms with E-state index in [-0.39, 0.29) is 17.2 Å². The maximum absolute atomic E-state index is 12.9. The van der Waals surface area contributed by atoms with Gasteiger partial charge >= 0.3 is 12.1 Å². The standard InChI is InChI=1S/C21H17F3N2O4S/c1-2-30-20(29)18-15(13-6-4-3-5-7-13)12-31-19(18)25-16(27)11-26-10-14(21(22,23)24)8-9-17(26)28/h3-10,12H,2,11H2,1H3,(H,25,27). The molecule has 1 amide bonds. The molecule has 0 atom stereocenters. The van der Waals surface area contributed by atoms with Gasteiger partial charge in [-0.2, -0.15) is 13.2 Å². The van der Waals surface area contributed by atoms with Gasteiger partial charge in [-0.25, -0.2) is 4.79 Å². The molecule has 0 aliphatic rings. The number of benzene rings is 1. The van der Waals surface area contributed by atoms with Gasteiger partial charge in [0, 0.05) is 23.2 Å². The fraction of sp³-hybridized carbons (Fsp3) is 0.190. The van der Waals surface area contributed by atoms with Gasteiger partial charge in [-0.15, -0.1) is 11.3 Å². The molecule has 0 aliphatic heterocycles. The number of nitrogens with zero attached hydrogens (tertiary/aromatic N) is 1. The van der Waals surface area contributed by atoms with Crippen LogP contribution in [0.4, 0.5) is 18.2 Å². The number of hydrogen-bond acceptors (Lipinski definition) is 5. The van der Waals surface area contributed by atoms with Crippen molar-refractivity contribution in [3.8, 4) is 11.1 Å². The van der Waals surface area contributed by atoms with Gasteiger partial charge in [0.15, 0.2) is 0 Å². The van der Waals surface area contributed by atoms with Crippen LogP contribution in [0.2, 0.25) is 0 Å². The minimum atomic E-state index is -4.65. The van der Waals surface area contributed by atoms with Crippen LogP contribution in [0.15, 0.2) is 58.8 Å². The molecule has 3 rings (SSSR count). The number of thiophene rings is 1. The van der Waals surface area contributed by atoms with Crippen molar-refractivity contribution in [1.29, 1.82) is 0 Å². The van der Waals surface area contributed by atoms with Crippen molar-refractivity contribution in [3.05, 3.63) is 75.5 Å². The third kappa shape index (κ3) is 5.21. The molecule has 0 unspecified atom stereocenters. The van der Waals surface area contributed by atoms with Crippen molar-refractivity contribution in [3.63, 3.8) is 0 Å². The third-order valence-electron chi connectivity index (χ3n) is 4.23. The van der Waals surface area contributed by atoms with Gasteiger partial charge in [-0.05, 0) is 18.6 Å². The highest BCUT2D eigenvalue weighted by atomic mass is 32.1. The first-order valence-electron chi connectivity index (χ1n) is 9.12. The van der Waals surface area contributed by atoms with E-state index in [9.17, 15) is 27.6 Å². The molecule has 10 heteroatoms. The Kier molecular flexibility index (Phi) is 6.59. The maximum atomic E-state index is 12.9. The van der Waals surface area contributed by atoms with Crippen molar-refractivity contribution >= 4 is 28.2 Å². The lowest BCUT2D eigenvalue weighted by Crippen LogP contribution is -2.28. The Morgan fingerprint density at radius 1 is 1.13 bits per heavy atom. The van der Waals surface area contributed by atoms with Crippen LogP contribution in [-0.2, 0) is 22.3 Å². The molecule has 2 heterocycles. The van der Waals surface area contributed by atoms with Crippen LogP contribution in [0, 0.1) is 0 Å². The van der Waals surface area contributed by atoms with Crippen molar-refractivity contribution in [2.75, 3.05) is 11.9 Å². The van der Waals surface area contributed by atoms with Gasteiger partial charge in [0.1, 0.15) is 17.1 Å². The molecule has 31 heavy (non-hydrogen) atoms. The molecule has 1 aromatic carbocycles. The number of ether oxygens (including phenoxy) is 1. The van der Waals surface area contributed by atoms with Crippen LogP contribution >= 0.6 is 11.3 Å². The molecule has 0 fully saturated rings. The number of anilines is 1. The number of pyridine rings is 1. The number of carbonyl (C=O) groups is 2. The molecule has 0 radical (unpaired) electrons. The number of nitrogens with one attached hydrogen (secondary N) is 1. The lowest BCUT2D eigenvalue weighted by molar-refractivity contribution is -0.138. The number of aromatic nitrogens is 1. The largest absolute Gasteiger partial charge is 0.462 e. The summed E-state index contributed by atoms with van der Waals surface area (Å²) in [4.78, 5) is 36.9. The first-order valence-corrected chi connectivity index (χ1v) is 10.00. The lowest BCUT2D eigenvalue weighted by Gasteiger charge is -2.11. The van der Waals surface area contributed by atoms with Gasteiger partial charge in [0.25, 0.3) is 5.56 Å². The molecule has 1 N–H and O–H groups in total. The second-order valence-electron chi connectivity index (χ2n) is 6.37. The smallest absolute Gasteiger partial charge is 0.417 e. The number of hydrogen-bond donors (Lipinski definition) is 1.